The lowest BCUT2D eigenvalue weighted by molar-refractivity contribution is 0.399. The van der Waals surface area contributed by atoms with E-state index in [9.17, 15) is 9.59 Å². The van der Waals surface area contributed by atoms with Crippen molar-refractivity contribution in [3.05, 3.63) is 105 Å². The maximum absolute atomic E-state index is 13.4. The summed E-state index contributed by atoms with van der Waals surface area (Å²) in [6.45, 7) is 2.24. The van der Waals surface area contributed by atoms with E-state index in [1.165, 1.54) is 21.7 Å². The van der Waals surface area contributed by atoms with E-state index in [2.05, 4.69) is 65.6 Å². The van der Waals surface area contributed by atoms with Crippen molar-refractivity contribution in [2.75, 3.05) is 18.0 Å². The predicted molar refractivity (Wildman–Crippen MR) is 148 cm³/mol. The quantitative estimate of drug-likeness (QED) is 0.370. The van der Waals surface area contributed by atoms with E-state index in [1.54, 1.807) is 7.05 Å². The average Bonchev–Trinajstić information content (AvgIpc) is 3.31. The zero-order chi connectivity index (χ0) is 25.5. The van der Waals surface area contributed by atoms with Crippen LogP contribution in [0.3, 0.4) is 0 Å². The molecule has 3 heterocycles. The Kier molecular flexibility index (Phi) is 5.91. The zero-order valence-corrected chi connectivity index (χ0v) is 21.3. The molecule has 188 valence electrons. The molecule has 0 unspecified atom stereocenters. The highest BCUT2D eigenvalue weighted by Gasteiger charge is 2.27. The van der Waals surface area contributed by atoms with Crippen molar-refractivity contribution in [2.45, 2.75) is 25.8 Å². The van der Waals surface area contributed by atoms with Gasteiger partial charge in [0.2, 0.25) is 5.95 Å². The van der Waals surface area contributed by atoms with Gasteiger partial charge in [-0.3, -0.25) is 18.5 Å². The summed E-state index contributed by atoms with van der Waals surface area (Å²) < 4.78 is 4.69. The number of fused-ring (bicyclic) bond motifs is 2. The van der Waals surface area contributed by atoms with Crippen LogP contribution in [0, 0.1) is 5.92 Å². The topological polar surface area (TPSA) is 65.1 Å². The summed E-state index contributed by atoms with van der Waals surface area (Å²) in [5.41, 5.74) is 2.74. The first-order valence-electron chi connectivity index (χ1n) is 12.9. The first-order chi connectivity index (χ1) is 18.0. The summed E-state index contributed by atoms with van der Waals surface area (Å²) in [7, 11) is 3.23. The summed E-state index contributed by atoms with van der Waals surface area (Å²) in [5.74, 6) is 1.38. The Morgan fingerprint density at radius 2 is 1.54 bits per heavy atom. The molecule has 7 heteroatoms. The number of rotatable bonds is 5. The molecule has 1 aliphatic rings. The van der Waals surface area contributed by atoms with Crippen LogP contribution in [0.25, 0.3) is 21.9 Å². The van der Waals surface area contributed by atoms with Gasteiger partial charge < -0.3 is 4.90 Å². The van der Waals surface area contributed by atoms with Crippen LogP contribution in [-0.4, -0.2) is 31.8 Å². The molecule has 0 bridgehead atoms. The number of piperidine rings is 1. The third-order valence-electron chi connectivity index (χ3n) is 7.80. The number of hydrogen-bond acceptors (Lipinski definition) is 4. The van der Waals surface area contributed by atoms with Crippen molar-refractivity contribution >= 4 is 27.9 Å². The van der Waals surface area contributed by atoms with Crippen LogP contribution >= 0.6 is 0 Å². The molecule has 0 atom stereocenters. The van der Waals surface area contributed by atoms with Gasteiger partial charge in [0.15, 0.2) is 11.2 Å². The average molecular weight is 494 g/mol. The normalized spacial score (nSPS) is 14.6. The van der Waals surface area contributed by atoms with E-state index >= 15 is 0 Å². The Balaban J connectivity index is 1.41. The third-order valence-corrected chi connectivity index (χ3v) is 7.80. The molecule has 3 aromatic carbocycles. The van der Waals surface area contributed by atoms with Crippen LogP contribution < -0.4 is 16.1 Å². The Hall–Kier alpha value is -4.13. The van der Waals surface area contributed by atoms with Gasteiger partial charge in [0.1, 0.15) is 0 Å². The van der Waals surface area contributed by atoms with Crippen LogP contribution in [0.4, 0.5) is 5.95 Å². The second kappa shape index (κ2) is 9.39. The van der Waals surface area contributed by atoms with Crippen LogP contribution in [0.5, 0.6) is 0 Å². The SMILES string of the molecule is Cn1c(=O)c2c(nc(N3CCC(Cc4ccccc4)CC3)n2Cc2cccc3ccccc23)n(C)c1=O. The first-order valence-corrected chi connectivity index (χ1v) is 12.9. The Bertz CT molecular complexity index is 1700. The summed E-state index contributed by atoms with van der Waals surface area (Å²) in [6.07, 6.45) is 3.20. The smallest absolute Gasteiger partial charge is 0.332 e. The maximum atomic E-state index is 13.4. The van der Waals surface area contributed by atoms with Crippen LogP contribution in [0.15, 0.2) is 82.4 Å². The van der Waals surface area contributed by atoms with E-state index in [4.69, 9.17) is 4.98 Å². The molecule has 0 aliphatic carbocycles. The molecule has 0 saturated carbocycles. The molecule has 5 aromatic rings. The lowest BCUT2D eigenvalue weighted by Crippen LogP contribution is -2.38. The van der Waals surface area contributed by atoms with Crippen molar-refractivity contribution in [1.82, 2.24) is 18.7 Å². The van der Waals surface area contributed by atoms with E-state index in [1.807, 2.05) is 16.7 Å². The number of nitrogens with zero attached hydrogens (tertiary/aromatic N) is 5. The van der Waals surface area contributed by atoms with Crippen molar-refractivity contribution in [1.29, 1.82) is 0 Å². The maximum Gasteiger partial charge on any atom is 0.332 e. The minimum atomic E-state index is -0.361. The van der Waals surface area contributed by atoms with Gasteiger partial charge in [-0.2, -0.15) is 4.98 Å². The van der Waals surface area contributed by atoms with Crippen molar-refractivity contribution in [2.24, 2.45) is 20.0 Å². The predicted octanol–water partition coefficient (Wildman–Crippen LogP) is 4.09. The molecule has 1 aliphatic heterocycles. The molecule has 0 amide bonds. The number of benzene rings is 3. The lowest BCUT2D eigenvalue weighted by Gasteiger charge is -2.33. The molecular formula is C30H31N5O2. The summed E-state index contributed by atoms with van der Waals surface area (Å²) in [5, 5.41) is 2.31. The standard InChI is InChI=1S/C30H31N5O2/c1-32-27-26(28(36)33(2)30(32)37)35(20-24-13-8-12-23-11-6-7-14-25(23)24)29(31-27)34-17-15-22(16-18-34)19-21-9-4-3-5-10-21/h3-14,22H,15-20H2,1-2H3. The summed E-state index contributed by atoms with van der Waals surface area (Å²) >= 11 is 0. The molecule has 2 aromatic heterocycles. The highest BCUT2D eigenvalue weighted by Crippen LogP contribution is 2.29. The van der Waals surface area contributed by atoms with E-state index < -0.39 is 0 Å². The van der Waals surface area contributed by atoms with E-state index in [0.29, 0.717) is 23.6 Å². The Morgan fingerprint density at radius 1 is 0.838 bits per heavy atom. The highest BCUT2D eigenvalue weighted by molar-refractivity contribution is 5.86. The molecule has 37 heavy (non-hydrogen) atoms. The van der Waals surface area contributed by atoms with E-state index in [-0.39, 0.29) is 11.2 Å². The Labute approximate surface area is 215 Å². The lowest BCUT2D eigenvalue weighted by atomic mass is 9.90. The molecule has 1 fully saturated rings. The van der Waals surface area contributed by atoms with Crippen molar-refractivity contribution < 1.29 is 0 Å². The highest BCUT2D eigenvalue weighted by atomic mass is 16.2. The van der Waals surface area contributed by atoms with Gasteiger partial charge in [0.05, 0.1) is 6.54 Å². The second-order valence-electron chi connectivity index (χ2n) is 10.1. The van der Waals surface area contributed by atoms with E-state index in [0.717, 1.165) is 54.6 Å². The minimum Gasteiger partial charge on any atom is -0.342 e. The number of imidazole rings is 1. The van der Waals surface area contributed by atoms with Crippen LogP contribution in [0.1, 0.15) is 24.0 Å². The van der Waals surface area contributed by atoms with Gasteiger partial charge in [-0.05, 0) is 47.1 Å². The van der Waals surface area contributed by atoms with Crippen molar-refractivity contribution in [3.8, 4) is 0 Å². The van der Waals surface area contributed by atoms with Gasteiger partial charge in [-0.1, -0.05) is 72.8 Å². The molecule has 0 radical (unpaired) electrons. The fourth-order valence-corrected chi connectivity index (χ4v) is 5.71. The van der Waals surface area contributed by atoms with Gasteiger partial charge in [-0.25, -0.2) is 4.79 Å². The molecule has 0 spiro atoms. The molecule has 6 rings (SSSR count). The summed E-state index contributed by atoms with van der Waals surface area (Å²) in [6, 6.07) is 25.2. The minimum absolute atomic E-state index is 0.309. The number of hydrogen-bond donors (Lipinski definition) is 0. The van der Waals surface area contributed by atoms with Crippen LogP contribution in [-0.2, 0) is 27.1 Å². The fourth-order valence-electron chi connectivity index (χ4n) is 5.71. The fraction of sp³-hybridized carbons (Fsp3) is 0.300. The summed E-state index contributed by atoms with van der Waals surface area (Å²) in [4.78, 5) is 33.3. The Morgan fingerprint density at radius 3 is 2.32 bits per heavy atom. The van der Waals surface area contributed by atoms with Crippen molar-refractivity contribution in [3.63, 3.8) is 0 Å². The van der Waals surface area contributed by atoms with Gasteiger partial charge in [-0.15, -0.1) is 0 Å². The van der Waals surface area contributed by atoms with Gasteiger partial charge in [0, 0.05) is 27.2 Å². The monoisotopic (exact) mass is 493 g/mol. The number of aromatic nitrogens is 4. The molecule has 7 nitrogen and oxygen atoms in total. The van der Waals surface area contributed by atoms with Gasteiger partial charge >= 0.3 is 5.69 Å². The third kappa shape index (κ3) is 4.14. The largest absolute Gasteiger partial charge is 0.342 e. The molecule has 0 N–H and O–H groups in total. The number of anilines is 1. The molecule has 1 saturated heterocycles. The first kappa shape index (κ1) is 23.3. The molecular weight excluding hydrogens is 462 g/mol. The zero-order valence-electron chi connectivity index (χ0n) is 21.3. The van der Waals surface area contributed by atoms with Crippen LogP contribution in [0.2, 0.25) is 0 Å². The van der Waals surface area contributed by atoms with Gasteiger partial charge in [0.25, 0.3) is 5.56 Å². The number of aryl methyl sites for hydroxylation is 1. The second-order valence-corrected chi connectivity index (χ2v) is 10.1.